The van der Waals surface area contributed by atoms with Crippen molar-refractivity contribution in [3.63, 3.8) is 0 Å². The lowest BCUT2D eigenvalue weighted by Gasteiger charge is -2.35. The van der Waals surface area contributed by atoms with Crippen molar-refractivity contribution in [1.29, 1.82) is 0 Å². The lowest BCUT2D eigenvalue weighted by Crippen LogP contribution is -2.46. The molecule has 2 heterocycles. The fourth-order valence-electron chi connectivity index (χ4n) is 6.86. The van der Waals surface area contributed by atoms with E-state index in [1.165, 1.54) is 53.9 Å². The molecule has 2 aromatic carbocycles. The summed E-state index contributed by atoms with van der Waals surface area (Å²) in [6.45, 7) is 5.86. The van der Waals surface area contributed by atoms with E-state index < -0.39 is 32.7 Å². The van der Waals surface area contributed by atoms with E-state index in [4.69, 9.17) is 0 Å². The quantitative estimate of drug-likeness (QED) is 0.377. The molecule has 1 aliphatic carbocycles. The van der Waals surface area contributed by atoms with Crippen LogP contribution in [0.4, 0.5) is 13.2 Å². The molecule has 0 aromatic heterocycles. The van der Waals surface area contributed by atoms with Crippen molar-refractivity contribution in [1.82, 2.24) is 14.5 Å². The molecule has 2 saturated heterocycles. The van der Waals surface area contributed by atoms with Crippen molar-refractivity contribution in [2.45, 2.75) is 100 Å². The maximum atomic E-state index is 13.4. The van der Waals surface area contributed by atoms with Crippen LogP contribution in [0.3, 0.4) is 0 Å². The molecule has 5 rings (SSSR count). The topological polar surface area (TPSA) is 69.7 Å². The van der Waals surface area contributed by atoms with Crippen molar-refractivity contribution in [3.05, 3.63) is 64.7 Å². The third-order valence-corrected chi connectivity index (χ3v) is 11.1. The second-order valence-electron chi connectivity index (χ2n) is 12.2. The van der Waals surface area contributed by atoms with Crippen LogP contribution >= 0.6 is 0 Å². The summed E-state index contributed by atoms with van der Waals surface area (Å²) in [4.78, 5) is 15.5. The third kappa shape index (κ3) is 7.19. The molecular formula is C32H42F3N3O3S. The van der Waals surface area contributed by atoms with E-state index in [0.29, 0.717) is 24.8 Å². The van der Waals surface area contributed by atoms with Crippen LogP contribution in [0, 0.1) is 0 Å². The van der Waals surface area contributed by atoms with E-state index in [1.54, 1.807) is 0 Å². The molecule has 2 fully saturated rings. The Labute approximate surface area is 247 Å². The molecule has 0 radical (unpaired) electrons. The number of nitrogens with one attached hydrogen (secondary N) is 1. The van der Waals surface area contributed by atoms with Gasteiger partial charge in [0.15, 0.2) is 0 Å². The normalized spacial score (nSPS) is 23.2. The zero-order chi connectivity index (χ0) is 29.9. The molecule has 0 saturated carbocycles. The molecule has 2 aromatic rings. The van der Waals surface area contributed by atoms with Gasteiger partial charge in [0.2, 0.25) is 15.9 Å². The predicted molar refractivity (Wildman–Crippen MR) is 157 cm³/mol. The Morgan fingerprint density at radius 3 is 2.50 bits per heavy atom. The first-order valence-electron chi connectivity index (χ1n) is 15.4. The average molecular weight is 606 g/mol. The van der Waals surface area contributed by atoms with Gasteiger partial charge in [0, 0.05) is 25.6 Å². The average Bonchev–Trinajstić information content (AvgIpc) is 2.97. The van der Waals surface area contributed by atoms with Crippen molar-refractivity contribution in [3.8, 4) is 0 Å². The Morgan fingerprint density at radius 2 is 1.74 bits per heavy atom. The molecule has 42 heavy (non-hydrogen) atoms. The van der Waals surface area contributed by atoms with Crippen molar-refractivity contribution in [2.75, 3.05) is 26.2 Å². The fraction of sp³-hybridized carbons (Fsp3) is 0.594. The van der Waals surface area contributed by atoms with Crippen LogP contribution in [-0.4, -0.2) is 55.8 Å². The van der Waals surface area contributed by atoms with Crippen LogP contribution in [0.15, 0.2) is 47.4 Å². The van der Waals surface area contributed by atoms with Crippen LogP contribution in [0.2, 0.25) is 0 Å². The van der Waals surface area contributed by atoms with Gasteiger partial charge in [-0.3, -0.25) is 4.79 Å². The lowest BCUT2D eigenvalue weighted by atomic mass is 9.84. The van der Waals surface area contributed by atoms with Gasteiger partial charge >= 0.3 is 6.18 Å². The zero-order valence-corrected chi connectivity index (χ0v) is 25.2. The van der Waals surface area contributed by atoms with E-state index in [1.807, 2.05) is 0 Å². The molecule has 10 heteroatoms. The fourth-order valence-corrected chi connectivity index (χ4v) is 8.59. The first-order valence-corrected chi connectivity index (χ1v) is 16.8. The standard InChI is InChI=1S/C32H42F3N3O3S/c1-23(22-37-16-4-2-5-17-37)24-14-15-29-25(19-24)9-7-13-30(29)36-31(39)21-27-11-3-6-18-38(27)42(40,41)28-12-8-10-26(20-28)32(33,34)35/h8,10,12,14-15,19-20,23,27,30H,2-7,9,11,13,16-18,21-22H2,1H3,(H,36,39)/t23?,27-,30+/m0/s1. The summed E-state index contributed by atoms with van der Waals surface area (Å²) in [5, 5.41) is 3.16. The summed E-state index contributed by atoms with van der Waals surface area (Å²) in [6.07, 6.45) is 3.80. The Hall–Kier alpha value is -2.43. The molecule has 2 aliphatic heterocycles. The van der Waals surface area contributed by atoms with Gasteiger partial charge in [-0.15, -0.1) is 0 Å². The van der Waals surface area contributed by atoms with Gasteiger partial charge in [-0.05, 0) is 98.8 Å². The molecule has 1 amide bonds. The van der Waals surface area contributed by atoms with Crippen molar-refractivity contribution >= 4 is 15.9 Å². The van der Waals surface area contributed by atoms with Gasteiger partial charge in [0.25, 0.3) is 0 Å². The Kier molecular flexibility index (Phi) is 9.64. The predicted octanol–water partition coefficient (Wildman–Crippen LogP) is 6.42. The van der Waals surface area contributed by atoms with E-state index in [2.05, 4.69) is 35.3 Å². The number of aryl methyl sites for hydroxylation is 1. The van der Waals surface area contributed by atoms with Crippen LogP contribution in [-0.2, 0) is 27.4 Å². The third-order valence-electron chi connectivity index (χ3n) is 9.13. The highest BCUT2D eigenvalue weighted by Crippen LogP contribution is 2.35. The van der Waals surface area contributed by atoms with E-state index in [0.717, 1.165) is 49.9 Å². The number of nitrogens with zero attached hydrogens (tertiary/aromatic N) is 2. The summed E-state index contributed by atoms with van der Waals surface area (Å²) >= 11 is 0. The zero-order valence-electron chi connectivity index (χ0n) is 24.3. The first kappa shape index (κ1) is 31.0. The first-order chi connectivity index (χ1) is 20.0. The SMILES string of the molecule is CC(CN1CCCCC1)c1ccc2c(c1)CCC[C@H]2NC(=O)C[C@@H]1CCCCN1S(=O)(=O)c1cccc(C(F)(F)F)c1. The molecule has 3 aliphatic rings. The summed E-state index contributed by atoms with van der Waals surface area (Å²) in [5.41, 5.74) is 2.71. The number of carbonyl (C=O) groups is 1. The molecule has 0 spiro atoms. The molecular weight excluding hydrogens is 563 g/mol. The second kappa shape index (κ2) is 13.1. The Bertz CT molecular complexity index is 1360. The minimum atomic E-state index is -4.64. The number of benzene rings is 2. The number of hydrogen-bond acceptors (Lipinski definition) is 4. The van der Waals surface area contributed by atoms with Gasteiger partial charge in [-0.2, -0.15) is 17.5 Å². The van der Waals surface area contributed by atoms with Crippen molar-refractivity contribution in [2.24, 2.45) is 0 Å². The number of alkyl halides is 3. The highest BCUT2D eigenvalue weighted by Gasteiger charge is 2.37. The Balaban J connectivity index is 1.25. The second-order valence-corrected chi connectivity index (χ2v) is 14.1. The molecule has 1 unspecified atom stereocenters. The minimum absolute atomic E-state index is 0.0189. The number of fused-ring (bicyclic) bond motifs is 1. The molecule has 6 nitrogen and oxygen atoms in total. The van der Waals surface area contributed by atoms with Gasteiger partial charge in [0.1, 0.15) is 0 Å². The summed E-state index contributed by atoms with van der Waals surface area (Å²) in [5.74, 6) is 0.200. The number of halogens is 3. The monoisotopic (exact) mass is 605 g/mol. The molecule has 1 N–H and O–H groups in total. The Morgan fingerprint density at radius 1 is 0.976 bits per heavy atom. The van der Waals surface area contributed by atoms with Crippen LogP contribution in [0.5, 0.6) is 0 Å². The van der Waals surface area contributed by atoms with Gasteiger partial charge in [-0.25, -0.2) is 8.42 Å². The highest BCUT2D eigenvalue weighted by atomic mass is 32.2. The number of piperidine rings is 2. The largest absolute Gasteiger partial charge is 0.416 e. The van der Waals surface area contributed by atoms with E-state index in [-0.39, 0.29) is 24.9 Å². The number of carbonyl (C=O) groups excluding carboxylic acids is 1. The summed E-state index contributed by atoms with van der Waals surface area (Å²) < 4.78 is 67.9. The number of amides is 1. The van der Waals surface area contributed by atoms with E-state index in [9.17, 15) is 26.4 Å². The number of likely N-dealkylation sites (tertiary alicyclic amines) is 1. The van der Waals surface area contributed by atoms with Gasteiger partial charge in [-0.1, -0.05) is 44.0 Å². The van der Waals surface area contributed by atoms with Crippen LogP contribution in [0.1, 0.15) is 98.9 Å². The molecule has 230 valence electrons. The van der Waals surface area contributed by atoms with E-state index >= 15 is 0 Å². The van der Waals surface area contributed by atoms with Crippen LogP contribution < -0.4 is 5.32 Å². The number of hydrogen-bond donors (Lipinski definition) is 1. The van der Waals surface area contributed by atoms with Gasteiger partial charge in [0.05, 0.1) is 16.5 Å². The number of rotatable bonds is 8. The summed E-state index contributed by atoms with van der Waals surface area (Å²) in [7, 11) is -4.20. The maximum Gasteiger partial charge on any atom is 0.416 e. The van der Waals surface area contributed by atoms with Crippen LogP contribution in [0.25, 0.3) is 0 Å². The highest BCUT2D eigenvalue weighted by molar-refractivity contribution is 7.89. The number of sulfonamides is 1. The van der Waals surface area contributed by atoms with Crippen molar-refractivity contribution < 1.29 is 26.4 Å². The lowest BCUT2D eigenvalue weighted by molar-refractivity contribution is -0.137. The summed E-state index contributed by atoms with van der Waals surface area (Å²) in [6, 6.07) is 9.74. The molecule has 3 atom stereocenters. The van der Waals surface area contributed by atoms with Gasteiger partial charge < -0.3 is 10.2 Å². The smallest absolute Gasteiger partial charge is 0.349 e. The minimum Gasteiger partial charge on any atom is -0.349 e. The molecule has 0 bridgehead atoms. The maximum absolute atomic E-state index is 13.4.